The minimum atomic E-state index is 0.562. The van der Waals surface area contributed by atoms with Gasteiger partial charge in [-0.25, -0.2) is 0 Å². The quantitative estimate of drug-likeness (QED) is 0.644. The van der Waals surface area contributed by atoms with Crippen LogP contribution in [0.5, 0.6) is 0 Å². The van der Waals surface area contributed by atoms with Gasteiger partial charge >= 0.3 is 0 Å². The van der Waals surface area contributed by atoms with Crippen LogP contribution in [0.15, 0.2) is 16.8 Å². The molecular weight excluding hydrogens is 170 g/mol. The Hall–Kier alpha value is -0.590. The van der Waals surface area contributed by atoms with Gasteiger partial charge in [0.1, 0.15) is 0 Å². The fourth-order valence-corrected chi connectivity index (χ4v) is 1.90. The van der Waals surface area contributed by atoms with Gasteiger partial charge in [-0.3, -0.25) is 4.99 Å². The van der Waals surface area contributed by atoms with Gasteiger partial charge in [-0.05, 0) is 17.8 Å². The zero-order valence-electron chi connectivity index (χ0n) is 10.3. The van der Waals surface area contributed by atoms with Gasteiger partial charge < -0.3 is 0 Å². The van der Waals surface area contributed by atoms with Gasteiger partial charge in [0.15, 0.2) is 0 Å². The molecule has 1 atom stereocenters. The summed E-state index contributed by atoms with van der Waals surface area (Å²) in [6.07, 6.45) is 2.37. The Bertz CT molecular complexity index is 256. The van der Waals surface area contributed by atoms with E-state index in [-0.39, 0.29) is 0 Å². The van der Waals surface area contributed by atoms with Crippen LogP contribution in [0.4, 0.5) is 0 Å². The molecule has 0 N–H and O–H groups in total. The third kappa shape index (κ3) is 2.26. The standard InChI is InChI=1S/C13H23N/c1-8(2)11-7-12(9(3)4)14-13(11)10(5)6/h7-11H,1-6H3. The number of hydrogen-bond donors (Lipinski definition) is 0. The zero-order chi connectivity index (χ0) is 10.9. The monoisotopic (exact) mass is 193 g/mol. The molecular formula is C13H23N. The molecule has 1 aliphatic rings. The highest BCUT2D eigenvalue weighted by Crippen LogP contribution is 2.30. The van der Waals surface area contributed by atoms with Crippen LogP contribution in [0.25, 0.3) is 0 Å². The fourth-order valence-electron chi connectivity index (χ4n) is 1.90. The van der Waals surface area contributed by atoms with Gasteiger partial charge in [-0.15, -0.1) is 0 Å². The van der Waals surface area contributed by atoms with E-state index in [4.69, 9.17) is 4.99 Å². The van der Waals surface area contributed by atoms with Crippen LogP contribution in [0.3, 0.4) is 0 Å². The first kappa shape index (κ1) is 11.5. The average Bonchev–Trinajstić information content (AvgIpc) is 2.47. The average molecular weight is 193 g/mol. The maximum Gasteiger partial charge on any atom is 0.0395 e. The number of rotatable bonds is 3. The minimum Gasteiger partial charge on any atom is -0.261 e. The second-order valence-electron chi connectivity index (χ2n) is 5.21. The van der Waals surface area contributed by atoms with E-state index < -0.39 is 0 Å². The highest BCUT2D eigenvalue weighted by molar-refractivity contribution is 5.93. The second-order valence-corrected chi connectivity index (χ2v) is 5.21. The van der Waals surface area contributed by atoms with E-state index in [1.807, 2.05) is 0 Å². The van der Waals surface area contributed by atoms with Crippen molar-refractivity contribution < 1.29 is 0 Å². The van der Waals surface area contributed by atoms with Crippen LogP contribution < -0.4 is 0 Å². The van der Waals surface area contributed by atoms with Crippen LogP contribution in [-0.4, -0.2) is 5.71 Å². The molecule has 1 heteroatoms. The molecule has 0 bridgehead atoms. The third-order valence-electron chi connectivity index (χ3n) is 2.85. The highest BCUT2D eigenvalue weighted by Gasteiger charge is 2.26. The Morgan fingerprint density at radius 3 is 1.86 bits per heavy atom. The van der Waals surface area contributed by atoms with Crippen molar-refractivity contribution in [2.75, 3.05) is 0 Å². The fraction of sp³-hybridized carbons (Fsp3) is 0.769. The Labute approximate surface area is 88.3 Å². The van der Waals surface area contributed by atoms with Crippen molar-refractivity contribution >= 4 is 5.71 Å². The number of aliphatic imine (C=N–C) groups is 1. The lowest BCUT2D eigenvalue weighted by molar-refractivity contribution is 0.562. The molecule has 0 aromatic rings. The van der Waals surface area contributed by atoms with E-state index >= 15 is 0 Å². The lowest BCUT2D eigenvalue weighted by atomic mass is 9.86. The second kappa shape index (κ2) is 4.29. The summed E-state index contributed by atoms with van der Waals surface area (Å²) in [5.41, 5.74) is 2.66. The van der Waals surface area contributed by atoms with Gasteiger partial charge in [-0.2, -0.15) is 0 Å². The van der Waals surface area contributed by atoms with Crippen molar-refractivity contribution in [3.63, 3.8) is 0 Å². The topological polar surface area (TPSA) is 12.4 Å². The van der Waals surface area contributed by atoms with E-state index in [1.165, 1.54) is 11.4 Å². The summed E-state index contributed by atoms with van der Waals surface area (Å²) in [5.74, 6) is 2.39. The smallest absolute Gasteiger partial charge is 0.0395 e. The van der Waals surface area contributed by atoms with Gasteiger partial charge in [0.25, 0.3) is 0 Å². The van der Waals surface area contributed by atoms with Crippen LogP contribution in [0.2, 0.25) is 0 Å². The van der Waals surface area contributed by atoms with Gasteiger partial charge in [0, 0.05) is 17.3 Å². The van der Waals surface area contributed by atoms with E-state index in [0.29, 0.717) is 23.7 Å². The molecule has 0 aliphatic carbocycles. The first-order valence-corrected chi connectivity index (χ1v) is 5.73. The summed E-state index contributed by atoms with van der Waals surface area (Å²) in [6, 6.07) is 0. The van der Waals surface area contributed by atoms with E-state index in [1.54, 1.807) is 0 Å². The maximum absolute atomic E-state index is 4.77. The molecule has 1 rings (SSSR count). The number of allylic oxidation sites excluding steroid dienone is 2. The lowest BCUT2D eigenvalue weighted by Crippen LogP contribution is -2.20. The maximum atomic E-state index is 4.77. The van der Waals surface area contributed by atoms with Crippen molar-refractivity contribution in [1.82, 2.24) is 0 Å². The molecule has 1 unspecified atom stereocenters. The van der Waals surface area contributed by atoms with Crippen LogP contribution in [-0.2, 0) is 0 Å². The van der Waals surface area contributed by atoms with Gasteiger partial charge in [0.05, 0.1) is 0 Å². The predicted octanol–water partition coefficient (Wildman–Crippen LogP) is 3.91. The first-order valence-electron chi connectivity index (χ1n) is 5.73. The summed E-state index contributed by atoms with van der Waals surface area (Å²) in [4.78, 5) is 4.77. The molecule has 0 saturated carbocycles. The molecule has 0 spiro atoms. The zero-order valence-corrected chi connectivity index (χ0v) is 10.3. The Morgan fingerprint density at radius 1 is 1.00 bits per heavy atom. The summed E-state index contributed by atoms with van der Waals surface area (Å²) >= 11 is 0. The van der Waals surface area contributed by atoms with Gasteiger partial charge in [0.2, 0.25) is 0 Å². The Morgan fingerprint density at radius 2 is 1.57 bits per heavy atom. The molecule has 0 fully saturated rings. The van der Waals surface area contributed by atoms with Crippen molar-refractivity contribution in [3.8, 4) is 0 Å². The molecule has 14 heavy (non-hydrogen) atoms. The number of nitrogens with zero attached hydrogens (tertiary/aromatic N) is 1. The van der Waals surface area contributed by atoms with Crippen molar-refractivity contribution in [2.45, 2.75) is 41.5 Å². The van der Waals surface area contributed by atoms with Crippen molar-refractivity contribution in [2.24, 2.45) is 28.7 Å². The molecule has 0 saturated heterocycles. The highest BCUT2D eigenvalue weighted by atomic mass is 14.8. The number of hydrogen-bond acceptors (Lipinski definition) is 1. The first-order chi connectivity index (χ1) is 6.43. The minimum absolute atomic E-state index is 0.562. The van der Waals surface area contributed by atoms with Crippen LogP contribution >= 0.6 is 0 Å². The van der Waals surface area contributed by atoms with Crippen LogP contribution in [0.1, 0.15) is 41.5 Å². The molecule has 0 radical (unpaired) electrons. The molecule has 1 aliphatic heterocycles. The summed E-state index contributed by atoms with van der Waals surface area (Å²) in [5, 5.41) is 0. The lowest BCUT2D eigenvalue weighted by Gasteiger charge is -2.17. The molecule has 0 aromatic carbocycles. The molecule has 1 nitrogen and oxygen atoms in total. The van der Waals surface area contributed by atoms with Gasteiger partial charge in [-0.1, -0.05) is 47.6 Å². The largest absolute Gasteiger partial charge is 0.261 e. The van der Waals surface area contributed by atoms with E-state index in [2.05, 4.69) is 47.6 Å². The summed E-state index contributed by atoms with van der Waals surface area (Å²) in [6.45, 7) is 13.5. The van der Waals surface area contributed by atoms with Crippen molar-refractivity contribution in [3.05, 3.63) is 11.8 Å². The summed E-state index contributed by atoms with van der Waals surface area (Å²) < 4.78 is 0. The Kier molecular flexibility index (Phi) is 3.52. The normalized spacial score (nSPS) is 22.2. The van der Waals surface area contributed by atoms with Crippen molar-refractivity contribution in [1.29, 1.82) is 0 Å². The predicted molar refractivity (Wildman–Crippen MR) is 63.5 cm³/mol. The van der Waals surface area contributed by atoms with E-state index in [0.717, 1.165) is 0 Å². The Balaban J connectivity index is 2.91. The summed E-state index contributed by atoms with van der Waals surface area (Å²) in [7, 11) is 0. The third-order valence-corrected chi connectivity index (χ3v) is 2.85. The molecule has 80 valence electrons. The molecule has 0 amide bonds. The SMILES string of the molecule is CC(C)C1=CC(C(C)C)C(C(C)C)=N1. The molecule has 1 heterocycles. The van der Waals surface area contributed by atoms with Crippen LogP contribution in [0, 0.1) is 23.7 Å². The van der Waals surface area contributed by atoms with E-state index in [9.17, 15) is 0 Å². The molecule has 0 aromatic heterocycles.